The van der Waals surface area contributed by atoms with Gasteiger partial charge in [0.25, 0.3) is 0 Å². The van der Waals surface area contributed by atoms with E-state index in [4.69, 9.17) is 16.1 Å². The SMILES string of the molecule is CCC12CC1CN(Cc1c(-c3cc(C)on3)nn(C)c1Cl)C2. The number of nitrogens with zero attached hydrogens (tertiary/aromatic N) is 4. The molecule has 0 spiro atoms. The van der Waals surface area contributed by atoms with E-state index < -0.39 is 0 Å². The Morgan fingerprint density at radius 2 is 2.32 bits per heavy atom. The van der Waals surface area contributed by atoms with Crippen molar-refractivity contribution in [1.29, 1.82) is 0 Å². The van der Waals surface area contributed by atoms with E-state index in [2.05, 4.69) is 22.1 Å². The fraction of sp³-hybridized carbons (Fsp3) is 0.625. The molecule has 2 atom stereocenters. The predicted octanol–water partition coefficient (Wildman–Crippen LogP) is 3.27. The molecule has 22 heavy (non-hydrogen) atoms. The third-order valence-electron chi connectivity index (χ3n) is 5.40. The molecule has 0 radical (unpaired) electrons. The van der Waals surface area contributed by atoms with Crippen molar-refractivity contribution in [2.24, 2.45) is 18.4 Å². The first kappa shape index (κ1) is 14.3. The van der Waals surface area contributed by atoms with E-state index in [1.165, 1.54) is 25.9 Å². The number of halogens is 1. The van der Waals surface area contributed by atoms with Crippen LogP contribution in [0.2, 0.25) is 5.15 Å². The van der Waals surface area contributed by atoms with Crippen molar-refractivity contribution >= 4 is 11.6 Å². The second-order valence-electron chi connectivity index (χ2n) is 6.85. The second kappa shape index (κ2) is 4.83. The van der Waals surface area contributed by atoms with Crippen molar-refractivity contribution in [3.63, 3.8) is 0 Å². The van der Waals surface area contributed by atoms with Gasteiger partial charge in [0.1, 0.15) is 22.3 Å². The summed E-state index contributed by atoms with van der Waals surface area (Å²) in [5.41, 5.74) is 3.25. The van der Waals surface area contributed by atoms with Crippen molar-refractivity contribution in [2.45, 2.75) is 33.2 Å². The summed E-state index contributed by atoms with van der Waals surface area (Å²) in [4.78, 5) is 2.51. The molecule has 2 fully saturated rings. The van der Waals surface area contributed by atoms with Gasteiger partial charge in [-0.1, -0.05) is 23.7 Å². The van der Waals surface area contributed by atoms with E-state index in [1.807, 2.05) is 20.0 Å². The summed E-state index contributed by atoms with van der Waals surface area (Å²) >= 11 is 6.48. The number of piperidine rings is 1. The van der Waals surface area contributed by atoms with Gasteiger partial charge in [0, 0.05) is 38.3 Å². The van der Waals surface area contributed by atoms with E-state index in [9.17, 15) is 0 Å². The fourth-order valence-corrected chi connectivity index (χ4v) is 4.15. The molecule has 0 amide bonds. The molecule has 3 heterocycles. The minimum atomic E-state index is 0.583. The molecular formula is C16H21ClN4O. The summed E-state index contributed by atoms with van der Waals surface area (Å²) in [7, 11) is 1.87. The maximum atomic E-state index is 6.48. The lowest BCUT2D eigenvalue weighted by molar-refractivity contribution is 0.270. The molecule has 6 heteroatoms. The van der Waals surface area contributed by atoms with Gasteiger partial charge in [0.15, 0.2) is 0 Å². The van der Waals surface area contributed by atoms with E-state index in [0.29, 0.717) is 10.6 Å². The summed E-state index contributed by atoms with van der Waals surface area (Å²) < 4.78 is 6.92. The van der Waals surface area contributed by atoms with Gasteiger partial charge < -0.3 is 4.52 Å². The molecule has 2 unspecified atom stereocenters. The lowest BCUT2D eigenvalue weighted by Gasteiger charge is -2.20. The van der Waals surface area contributed by atoms with E-state index in [1.54, 1.807) is 4.68 Å². The number of hydrogen-bond donors (Lipinski definition) is 0. The van der Waals surface area contributed by atoms with Crippen molar-refractivity contribution in [3.05, 3.63) is 22.5 Å². The van der Waals surface area contributed by atoms with E-state index in [-0.39, 0.29) is 0 Å². The normalized spacial score (nSPS) is 27.4. The Morgan fingerprint density at radius 1 is 1.50 bits per heavy atom. The minimum Gasteiger partial charge on any atom is -0.361 e. The van der Waals surface area contributed by atoms with Crippen LogP contribution in [0, 0.1) is 18.3 Å². The Kier molecular flexibility index (Phi) is 3.13. The Bertz CT molecular complexity index is 718. The monoisotopic (exact) mass is 320 g/mol. The molecule has 2 aromatic rings. The highest BCUT2D eigenvalue weighted by molar-refractivity contribution is 6.30. The molecule has 0 aromatic carbocycles. The summed E-state index contributed by atoms with van der Waals surface area (Å²) in [6.07, 6.45) is 2.68. The van der Waals surface area contributed by atoms with Gasteiger partial charge in [-0.3, -0.25) is 9.58 Å². The van der Waals surface area contributed by atoms with E-state index in [0.717, 1.165) is 35.2 Å². The molecule has 0 bridgehead atoms. The summed E-state index contributed by atoms with van der Waals surface area (Å²) in [6, 6.07) is 1.91. The number of hydrogen-bond acceptors (Lipinski definition) is 4. The molecule has 118 valence electrons. The molecule has 1 aliphatic heterocycles. The standard InChI is InChI=1S/C16H21ClN4O/c1-4-16-6-11(16)7-21(9-16)8-12-14(18-20(3)15(12)17)13-5-10(2)22-19-13/h5,11H,4,6-9H2,1-3H3. The first-order chi connectivity index (χ1) is 10.5. The van der Waals surface area contributed by atoms with Crippen LogP contribution in [-0.2, 0) is 13.6 Å². The number of rotatable bonds is 4. The zero-order valence-corrected chi connectivity index (χ0v) is 14.0. The third kappa shape index (κ3) is 2.10. The highest BCUT2D eigenvalue weighted by Crippen LogP contribution is 2.60. The first-order valence-electron chi connectivity index (χ1n) is 7.90. The van der Waals surface area contributed by atoms with Crippen LogP contribution in [0.15, 0.2) is 10.6 Å². The summed E-state index contributed by atoms with van der Waals surface area (Å²) in [5, 5.41) is 9.34. The van der Waals surface area contributed by atoms with Gasteiger partial charge in [-0.2, -0.15) is 5.10 Å². The van der Waals surface area contributed by atoms with Crippen LogP contribution in [0.3, 0.4) is 0 Å². The smallest absolute Gasteiger partial charge is 0.134 e. The van der Waals surface area contributed by atoms with Gasteiger partial charge in [-0.05, 0) is 31.1 Å². The molecule has 0 N–H and O–H groups in total. The highest BCUT2D eigenvalue weighted by atomic mass is 35.5. The lowest BCUT2D eigenvalue weighted by atomic mass is 10.0. The molecule has 1 saturated heterocycles. The van der Waals surface area contributed by atoms with Crippen molar-refractivity contribution in [1.82, 2.24) is 19.8 Å². The number of aryl methyl sites for hydroxylation is 2. The van der Waals surface area contributed by atoms with Crippen molar-refractivity contribution in [2.75, 3.05) is 13.1 Å². The van der Waals surface area contributed by atoms with Crippen LogP contribution in [0.1, 0.15) is 31.1 Å². The van der Waals surface area contributed by atoms with E-state index >= 15 is 0 Å². The van der Waals surface area contributed by atoms with Crippen LogP contribution in [0.5, 0.6) is 0 Å². The lowest BCUT2D eigenvalue weighted by Crippen LogP contribution is -2.24. The molecule has 5 nitrogen and oxygen atoms in total. The van der Waals surface area contributed by atoms with Crippen molar-refractivity contribution < 1.29 is 4.52 Å². The molecule has 1 aliphatic carbocycles. The Morgan fingerprint density at radius 3 is 2.95 bits per heavy atom. The average Bonchev–Trinajstić information content (AvgIpc) is 2.80. The maximum absolute atomic E-state index is 6.48. The fourth-order valence-electron chi connectivity index (χ4n) is 3.97. The van der Waals surface area contributed by atoms with Crippen LogP contribution in [-0.4, -0.2) is 32.9 Å². The van der Waals surface area contributed by atoms with Crippen molar-refractivity contribution in [3.8, 4) is 11.4 Å². The number of aromatic nitrogens is 3. The Balaban J connectivity index is 1.62. The van der Waals surface area contributed by atoms with Crippen LogP contribution in [0.4, 0.5) is 0 Å². The second-order valence-corrected chi connectivity index (χ2v) is 7.21. The van der Waals surface area contributed by atoms with Gasteiger partial charge in [0.2, 0.25) is 0 Å². The van der Waals surface area contributed by atoms with Crippen LogP contribution >= 0.6 is 11.6 Å². The van der Waals surface area contributed by atoms with Gasteiger partial charge >= 0.3 is 0 Å². The molecule has 2 aliphatic rings. The molecular weight excluding hydrogens is 300 g/mol. The van der Waals surface area contributed by atoms with Gasteiger partial charge in [-0.15, -0.1) is 0 Å². The van der Waals surface area contributed by atoms with Gasteiger partial charge in [-0.25, -0.2) is 0 Å². The number of fused-ring (bicyclic) bond motifs is 1. The molecule has 1 saturated carbocycles. The summed E-state index contributed by atoms with van der Waals surface area (Å²) in [5.74, 6) is 1.67. The third-order valence-corrected chi connectivity index (χ3v) is 5.87. The molecule has 2 aromatic heterocycles. The van der Waals surface area contributed by atoms with Gasteiger partial charge in [0.05, 0.1) is 0 Å². The first-order valence-corrected chi connectivity index (χ1v) is 8.27. The van der Waals surface area contributed by atoms with Crippen LogP contribution < -0.4 is 0 Å². The summed E-state index contributed by atoms with van der Waals surface area (Å²) in [6.45, 7) is 7.39. The Labute approximate surface area is 135 Å². The zero-order valence-electron chi connectivity index (χ0n) is 13.3. The quantitative estimate of drug-likeness (QED) is 0.867. The largest absolute Gasteiger partial charge is 0.361 e. The average molecular weight is 321 g/mol. The zero-order chi connectivity index (χ0) is 15.5. The highest BCUT2D eigenvalue weighted by Gasteiger charge is 2.58. The topological polar surface area (TPSA) is 47.1 Å². The molecule has 4 rings (SSSR count). The Hall–Kier alpha value is -1.33. The predicted molar refractivity (Wildman–Crippen MR) is 84.6 cm³/mol. The minimum absolute atomic E-state index is 0.583. The number of likely N-dealkylation sites (tertiary alicyclic amines) is 1. The van der Waals surface area contributed by atoms with Crippen LogP contribution in [0.25, 0.3) is 11.4 Å². The maximum Gasteiger partial charge on any atom is 0.134 e.